The van der Waals surface area contributed by atoms with Crippen molar-refractivity contribution in [2.45, 2.75) is 12.6 Å². The van der Waals surface area contributed by atoms with Gasteiger partial charge in [0.2, 0.25) is 0 Å². The van der Waals surface area contributed by atoms with Gasteiger partial charge >= 0.3 is 0 Å². The van der Waals surface area contributed by atoms with Gasteiger partial charge in [-0.2, -0.15) is 0 Å². The predicted molar refractivity (Wildman–Crippen MR) is 74.8 cm³/mol. The summed E-state index contributed by atoms with van der Waals surface area (Å²) in [4.78, 5) is 16.5. The lowest BCUT2D eigenvalue weighted by atomic mass is 10.0. The second kappa shape index (κ2) is 4.77. The van der Waals surface area contributed by atoms with Crippen LogP contribution in [0.5, 0.6) is 0 Å². The van der Waals surface area contributed by atoms with Crippen molar-refractivity contribution in [3.63, 3.8) is 0 Å². The van der Waals surface area contributed by atoms with E-state index in [1.807, 2.05) is 6.07 Å². The smallest absolute Gasteiger partial charge is 0.272 e. The molecule has 1 aliphatic heterocycles. The quantitative estimate of drug-likeness (QED) is 0.906. The summed E-state index contributed by atoms with van der Waals surface area (Å²) in [7, 11) is 0. The molecular weight excluding hydrogens is 274 g/mol. The Labute approximate surface area is 120 Å². The van der Waals surface area contributed by atoms with Gasteiger partial charge in [-0.3, -0.25) is 4.79 Å². The van der Waals surface area contributed by atoms with Gasteiger partial charge in [0.1, 0.15) is 17.3 Å². The van der Waals surface area contributed by atoms with Crippen molar-refractivity contribution in [3.05, 3.63) is 71.3 Å². The average molecular weight is 286 g/mol. The van der Waals surface area contributed by atoms with Crippen molar-refractivity contribution in [2.75, 3.05) is 0 Å². The predicted octanol–water partition coefficient (Wildman–Crippen LogP) is 2.76. The lowest BCUT2D eigenvalue weighted by molar-refractivity contribution is -0.115. The lowest BCUT2D eigenvalue weighted by Gasteiger charge is -2.21. The van der Waals surface area contributed by atoms with E-state index in [0.717, 1.165) is 6.07 Å². The molecule has 0 spiro atoms. The Bertz CT molecular complexity index is 723. The maximum absolute atomic E-state index is 13.4. The van der Waals surface area contributed by atoms with Gasteiger partial charge in [-0.15, -0.1) is 0 Å². The number of benzene rings is 2. The molecular formula is C16H12F2N2O. The molecule has 0 bridgehead atoms. The van der Waals surface area contributed by atoms with E-state index in [4.69, 9.17) is 0 Å². The average Bonchev–Trinajstić information content (AvgIpc) is 2.75. The molecule has 2 aromatic rings. The zero-order valence-corrected chi connectivity index (χ0v) is 11.2. The SMILES string of the molecule is CC1(c2cc(F)cc(F)c2)N=C(c2ccccc2)C(=O)N1. The molecule has 5 heteroatoms. The normalized spacial score (nSPS) is 21.1. The number of hydrogen-bond donors (Lipinski definition) is 1. The molecule has 1 heterocycles. The Morgan fingerprint density at radius 1 is 1.05 bits per heavy atom. The van der Waals surface area contributed by atoms with E-state index in [1.54, 1.807) is 31.2 Å². The first-order valence-corrected chi connectivity index (χ1v) is 6.42. The number of halogens is 2. The number of rotatable bonds is 2. The zero-order chi connectivity index (χ0) is 15.0. The Morgan fingerprint density at radius 2 is 1.67 bits per heavy atom. The first-order chi connectivity index (χ1) is 9.98. The van der Waals surface area contributed by atoms with Gasteiger partial charge in [0.25, 0.3) is 5.91 Å². The standard InChI is InChI=1S/C16H12F2N2O/c1-16(11-7-12(17)9-13(18)8-11)19-14(15(21)20-16)10-5-3-2-4-6-10/h2-9H,1H3,(H,20,21). The van der Waals surface area contributed by atoms with Crippen LogP contribution in [0.25, 0.3) is 0 Å². The minimum Gasteiger partial charge on any atom is -0.323 e. The van der Waals surface area contributed by atoms with Crippen LogP contribution in [-0.2, 0) is 10.5 Å². The van der Waals surface area contributed by atoms with E-state index >= 15 is 0 Å². The highest BCUT2D eigenvalue weighted by Gasteiger charge is 2.37. The summed E-state index contributed by atoms with van der Waals surface area (Å²) >= 11 is 0. The maximum Gasteiger partial charge on any atom is 0.272 e. The molecule has 0 saturated heterocycles. The second-order valence-electron chi connectivity index (χ2n) is 5.01. The first kappa shape index (κ1) is 13.4. The number of aliphatic imine (C=N–C) groups is 1. The highest BCUT2D eigenvalue weighted by molar-refractivity contribution is 6.46. The van der Waals surface area contributed by atoms with Crippen molar-refractivity contribution in [2.24, 2.45) is 4.99 Å². The molecule has 1 unspecified atom stereocenters. The highest BCUT2D eigenvalue weighted by atomic mass is 19.1. The summed E-state index contributed by atoms with van der Waals surface area (Å²) in [6.45, 7) is 1.61. The highest BCUT2D eigenvalue weighted by Crippen LogP contribution is 2.29. The van der Waals surface area contributed by atoms with Gasteiger partial charge in [0.15, 0.2) is 5.66 Å². The topological polar surface area (TPSA) is 41.5 Å². The molecule has 0 aromatic heterocycles. The third kappa shape index (κ3) is 2.42. The molecule has 1 amide bonds. The Hall–Kier alpha value is -2.56. The van der Waals surface area contributed by atoms with E-state index in [9.17, 15) is 13.6 Å². The second-order valence-corrected chi connectivity index (χ2v) is 5.01. The summed E-state index contributed by atoms with van der Waals surface area (Å²) in [5.41, 5.74) is 0.00298. The number of carbonyl (C=O) groups is 1. The molecule has 21 heavy (non-hydrogen) atoms. The Balaban J connectivity index is 2.07. The molecule has 2 aromatic carbocycles. The van der Waals surface area contributed by atoms with E-state index in [1.165, 1.54) is 12.1 Å². The zero-order valence-electron chi connectivity index (χ0n) is 11.2. The van der Waals surface area contributed by atoms with Crippen LogP contribution in [0, 0.1) is 11.6 Å². The number of nitrogens with zero attached hydrogens (tertiary/aromatic N) is 1. The first-order valence-electron chi connectivity index (χ1n) is 6.42. The van der Waals surface area contributed by atoms with Crippen LogP contribution in [0.1, 0.15) is 18.1 Å². The van der Waals surface area contributed by atoms with Crippen molar-refractivity contribution in [1.29, 1.82) is 0 Å². The van der Waals surface area contributed by atoms with E-state index < -0.39 is 17.3 Å². The van der Waals surface area contributed by atoms with Crippen molar-refractivity contribution < 1.29 is 13.6 Å². The number of nitrogens with one attached hydrogen (secondary N) is 1. The number of carbonyl (C=O) groups excluding carboxylic acids is 1. The fourth-order valence-corrected chi connectivity index (χ4v) is 2.35. The van der Waals surface area contributed by atoms with Crippen LogP contribution in [0.4, 0.5) is 8.78 Å². The Kier molecular flexibility index (Phi) is 3.05. The fraction of sp³-hybridized carbons (Fsp3) is 0.125. The summed E-state index contributed by atoms with van der Waals surface area (Å²) in [6.07, 6.45) is 0. The number of hydrogen-bond acceptors (Lipinski definition) is 2. The van der Waals surface area contributed by atoms with Crippen LogP contribution >= 0.6 is 0 Å². The molecule has 0 fully saturated rings. The summed E-state index contributed by atoms with van der Waals surface area (Å²) in [5, 5.41) is 2.67. The summed E-state index contributed by atoms with van der Waals surface area (Å²) in [5.74, 6) is -1.78. The van der Waals surface area contributed by atoms with Crippen molar-refractivity contribution in [3.8, 4) is 0 Å². The third-order valence-electron chi connectivity index (χ3n) is 3.38. The van der Waals surface area contributed by atoms with Gasteiger partial charge in [-0.1, -0.05) is 30.3 Å². The fourth-order valence-electron chi connectivity index (χ4n) is 2.35. The summed E-state index contributed by atoms with van der Waals surface area (Å²) in [6, 6.07) is 12.1. The molecule has 3 rings (SSSR count). The van der Waals surface area contributed by atoms with Gasteiger partial charge in [-0.25, -0.2) is 13.8 Å². The largest absolute Gasteiger partial charge is 0.323 e. The van der Waals surface area contributed by atoms with E-state index in [-0.39, 0.29) is 17.2 Å². The van der Waals surface area contributed by atoms with Crippen LogP contribution in [-0.4, -0.2) is 11.6 Å². The molecule has 0 saturated carbocycles. The van der Waals surface area contributed by atoms with Crippen LogP contribution in [0.3, 0.4) is 0 Å². The molecule has 0 radical (unpaired) electrons. The van der Waals surface area contributed by atoms with Crippen LogP contribution in [0.15, 0.2) is 53.5 Å². The van der Waals surface area contributed by atoms with Gasteiger partial charge < -0.3 is 5.32 Å². The van der Waals surface area contributed by atoms with Crippen molar-refractivity contribution >= 4 is 11.6 Å². The molecule has 1 aliphatic rings. The van der Waals surface area contributed by atoms with Crippen LogP contribution in [0.2, 0.25) is 0 Å². The molecule has 3 nitrogen and oxygen atoms in total. The van der Waals surface area contributed by atoms with Gasteiger partial charge in [0.05, 0.1) is 0 Å². The lowest BCUT2D eigenvalue weighted by Crippen LogP contribution is -2.37. The van der Waals surface area contributed by atoms with Crippen molar-refractivity contribution in [1.82, 2.24) is 5.32 Å². The Morgan fingerprint density at radius 3 is 2.29 bits per heavy atom. The van der Waals surface area contributed by atoms with E-state index in [0.29, 0.717) is 5.56 Å². The molecule has 106 valence electrons. The molecule has 1 atom stereocenters. The van der Waals surface area contributed by atoms with E-state index in [2.05, 4.69) is 10.3 Å². The van der Waals surface area contributed by atoms with Crippen LogP contribution < -0.4 is 5.32 Å². The minimum absolute atomic E-state index is 0.253. The molecule has 0 aliphatic carbocycles. The number of amides is 1. The van der Waals surface area contributed by atoms with Gasteiger partial charge in [0, 0.05) is 17.2 Å². The maximum atomic E-state index is 13.4. The monoisotopic (exact) mass is 286 g/mol. The van der Waals surface area contributed by atoms with Gasteiger partial charge in [-0.05, 0) is 19.1 Å². The molecule has 1 N–H and O–H groups in total. The third-order valence-corrected chi connectivity index (χ3v) is 3.38. The summed E-state index contributed by atoms with van der Waals surface area (Å²) < 4.78 is 26.7. The minimum atomic E-state index is -1.18.